The number of nitrogens with zero attached hydrogens (tertiary/aromatic N) is 1. The Bertz CT molecular complexity index is 391. The average molecular weight is 306 g/mol. The fourth-order valence-electron chi connectivity index (χ4n) is 1.17. The van der Waals surface area contributed by atoms with E-state index in [9.17, 15) is 9.59 Å². The Morgan fingerprint density at radius 2 is 2.12 bits per heavy atom. The van der Waals surface area contributed by atoms with Crippen LogP contribution < -0.4 is 4.90 Å². The monoisotopic (exact) mass is 305 g/mol. The molecule has 0 bridgehead atoms. The molecule has 0 unspecified atom stereocenters. The Morgan fingerprint density at radius 1 is 1.44 bits per heavy atom. The number of hydrogen-bond acceptors (Lipinski definition) is 3. The number of carbonyl (C=O) groups is 2. The number of thiophene rings is 1. The lowest BCUT2D eigenvalue weighted by Gasteiger charge is -2.14. The molecule has 1 N–H and O–H groups in total. The van der Waals surface area contributed by atoms with Gasteiger partial charge in [0.05, 0.1) is 8.79 Å². The van der Waals surface area contributed by atoms with E-state index in [0.29, 0.717) is 6.42 Å². The number of carboxylic acids is 1. The third-order valence-electron chi connectivity index (χ3n) is 2.04. The van der Waals surface area contributed by atoms with Crippen LogP contribution in [0.2, 0.25) is 0 Å². The highest BCUT2D eigenvalue weighted by Crippen LogP contribution is 2.29. The van der Waals surface area contributed by atoms with Crippen LogP contribution in [0.4, 0.5) is 5.00 Å². The van der Waals surface area contributed by atoms with Crippen molar-refractivity contribution in [2.24, 2.45) is 0 Å². The highest BCUT2D eigenvalue weighted by atomic mass is 79.9. The topological polar surface area (TPSA) is 57.6 Å². The normalized spacial score (nSPS) is 10.1. The van der Waals surface area contributed by atoms with Gasteiger partial charge >= 0.3 is 5.97 Å². The van der Waals surface area contributed by atoms with Gasteiger partial charge in [-0.1, -0.05) is 0 Å². The first-order chi connectivity index (χ1) is 7.50. The molecule has 16 heavy (non-hydrogen) atoms. The Morgan fingerprint density at radius 3 is 2.62 bits per heavy atom. The van der Waals surface area contributed by atoms with E-state index < -0.39 is 5.97 Å². The van der Waals surface area contributed by atoms with Crippen molar-refractivity contribution in [2.45, 2.75) is 19.3 Å². The summed E-state index contributed by atoms with van der Waals surface area (Å²) in [5.41, 5.74) is 0. The van der Waals surface area contributed by atoms with Crippen LogP contribution >= 0.6 is 27.3 Å². The quantitative estimate of drug-likeness (QED) is 0.910. The second-order valence-electron chi connectivity index (χ2n) is 3.28. The van der Waals surface area contributed by atoms with Gasteiger partial charge in [-0.3, -0.25) is 9.59 Å². The number of rotatable bonds is 5. The number of carbonyl (C=O) groups excluding carboxylic acids is 1. The first-order valence-electron chi connectivity index (χ1n) is 4.74. The van der Waals surface area contributed by atoms with Crippen molar-refractivity contribution < 1.29 is 14.7 Å². The van der Waals surface area contributed by atoms with Gasteiger partial charge in [0.25, 0.3) is 0 Å². The lowest BCUT2D eigenvalue weighted by Crippen LogP contribution is -2.25. The van der Waals surface area contributed by atoms with Crippen molar-refractivity contribution in [1.82, 2.24) is 0 Å². The van der Waals surface area contributed by atoms with Crippen molar-refractivity contribution in [3.8, 4) is 0 Å². The van der Waals surface area contributed by atoms with Gasteiger partial charge in [-0.15, -0.1) is 11.3 Å². The van der Waals surface area contributed by atoms with Crippen molar-refractivity contribution in [3.63, 3.8) is 0 Å². The minimum Gasteiger partial charge on any atom is -0.481 e. The molecule has 0 aliphatic rings. The fourth-order valence-corrected chi connectivity index (χ4v) is 2.51. The second kappa shape index (κ2) is 6.00. The molecular weight excluding hydrogens is 294 g/mol. The SMILES string of the molecule is CN(C(=O)CCCC(=O)O)c1ccc(Br)s1. The van der Waals surface area contributed by atoms with Gasteiger partial charge in [0.1, 0.15) is 0 Å². The van der Waals surface area contributed by atoms with Crippen molar-refractivity contribution in [2.75, 3.05) is 11.9 Å². The maximum absolute atomic E-state index is 11.7. The van der Waals surface area contributed by atoms with Crippen molar-refractivity contribution >= 4 is 44.1 Å². The summed E-state index contributed by atoms with van der Waals surface area (Å²) < 4.78 is 0.965. The molecule has 1 rings (SSSR count). The minimum atomic E-state index is -0.866. The van der Waals surface area contributed by atoms with E-state index in [2.05, 4.69) is 15.9 Å². The summed E-state index contributed by atoms with van der Waals surface area (Å²) in [6, 6.07) is 3.73. The molecule has 0 saturated carbocycles. The maximum atomic E-state index is 11.7. The van der Waals surface area contributed by atoms with Crippen molar-refractivity contribution in [1.29, 1.82) is 0 Å². The highest BCUT2D eigenvalue weighted by molar-refractivity contribution is 9.11. The van der Waals surface area contributed by atoms with Gasteiger partial charge in [0, 0.05) is 19.9 Å². The zero-order chi connectivity index (χ0) is 12.1. The number of anilines is 1. The molecule has 0 atom stereocenters. The van der Waals surface area contributed by atoms with E-state index in [1.165, 1.54) is 11.3 Å². The van der Waals surface area contributed by atoms with E-state index in [1.807, 2.05) is 12.1 Å². The fraction of sp³-hybridized carbons (Fsp3) is 0.400. The van der Waals surface area contributed by atoms with Gasteiger partial charge in [0.15, 0.2) is 0 Å². The largest absolute Gasteiger partial charge is 0.481 e. The summed E-state index contributed by atoms with van der Waals surface area (Å²) in [5, 5.41) is 9.31. The van der Waals surface area contributed by atoms with Gasteiger partial charge < -0.3 is 10.0 Å². The van der Waals surface area contributed by atoms with Gasteiger partial charge in [-0.2, -0.15) is 0 Å². The third kappa shape index (κ3) is 3.94. The highest BCUT2D eigenvalue weighted by Gasteiger charge is 2.12. The summed E-state index contributed by atoms with van der Waals surface area (Å²) >= 11 is 4.79. The van der Waals surface area contributed by atoms with E-state index in [4.69, 9.17) is 5.11 Å². The van der Waals surface area contributed by atoms with Crippen LogP contribution in [0, 0.1) is 0 Å². The number of halogens is 1. The number of amides is 1. The molecule has 1 aromatic heterocycles. The molecule has 0 aliphatic carbocycles. The van der Waals surface area contributed by atoms with Gasteiger partial charge in [0.2, 0.25) is 5.91 Å². The van der Waals surface area contributed by atoms with E-state index >= 15 is 0 Å². The minimum absolute atomic E-state index is 0.0354. The van der Waals surface area contributed by atoms with Crippen molar-refractivity contribution in [3.05, 3.63) is 15.9 Å². The van der Waals surface area contributed by atoms with Crippen LogP contribution in [0.5, 0.6) is 0 Å². The van der Waals surface area contributed by atoms with Gasteiger partial charge in [-0.25, -0.2) is 0 Å². The lowest BCUT2D eigenvalue weighted by atomic mass is 10.2. The van der Waals surface area contributed by atoms with Crippen LogP contribution in [0.25, 0.3) is 0 Å². The van der Waals surface area contributed by atoms with Crippen LogP contribution in [-0.4, -0.2) is 24.0 Å². The molecular formula is C10H12BrNO3S. The van der Waals surface area contributed by atoms with Crippen LogP contribution in [0.3, 0.4) is 0 Å². The number of carboxylic acid groups (broad SMARTS) is 1. The third-order valence-corrected chi connectivity index (χ3v) is 3.75. The molecule has 6 heteroatoms. The lowest BCUT2D eigenvalue weighted by molar-refractivity contribution is -0.137. The molecule has 4 nitrogen and oxygen atoms in total. The van der Waals surface area contributed by atoms with Crippen LogP contribution in [-0.2, 0) is 9.59 Å². The molecule has 1 heterocycles. The smallest absolute Gasteiger partial charge is 0.303 e. The van der Waals surface area contributed by atoms with E-state index in [1.54, 1.807) is 11.9 Å². The average Bonchev–Trinajstić information content (AvgIpc) is 2.63. The standard InChI is InChI=1S/C10H12BrNO3S/c1-12(9-6-5-7(11)16-9)8(13)3-2-4-10(14)15/h5-6H,2-4H2,1H3,(H,14,15). The zero-order valence-electron chi connectivity index (χ0n) is 8.77. The zero-order valence-corrected chi connectivity index (χ0v) is 11.2. The number of hydrogen-bond donors (Lipinski definition) is 1. The Balaban J connectivity index is 2.45. The van der Waals surface area contributed by atoms with E-state index in [0.717, 1.165) is 8.79 Å². The predicted octanol–water partition coefficient (Wildman–Crippen LogP) is 2.73. The van der Waals surface area contributed by atoms with Crippen LogP contribution in [0.15, 0.2) is 15.9 Å². The molecule has 1 amide bonds. The van der Waals surface area contributed by atoms with Crippen LogP contribution in [0.1, 0.15) is 19.3 Å². The van der Waals surface area contributed by atoms with Gasteiger partial charge in [-0.05, 0) is 34.5 Å². The Hall–Kier alpha value is -0.880. The summed E-state index contributed by atoms with van der Waals surface area (Å²) in [6.07, 6.45) is 0.678. The molecule has 0 spiro atoms. The number of aliphatic carboxylic acids is 1. The Kier molecular flexibility index (Phi) is 4.95. The molecule has 0 radical (unpaired) electrons. The first kappa shape index (κ1) is 13.2. The summed E-state index contributed by atoms with van der Waals surface area (Å²) in [7, 11) is 1.70. The Labute approximate surface area is 106 Å². The molecule has 0 aliphatic heterocycles. The molecule has 88 valence electrons. The summed E-state index contributed by atoms with van der Waals surface area (Å²) in [6.45, 7) is 0. The first-order valence-corrected chi connectivity index (χ1v) is 6.35. The molecule has 0 saturated heterocycles. The predicted molar refractivity (Wildman–Crippen MR) is 66.9 cm³/mol. The molecule has 0 aromatic carbocycles. The summed E-state index contributed by atoms with van der Waals surface area (Å²) in [4.78, 5) is 23.5. The summed E-state index contributed by atoms with van der Waals surface area (Å²) in [5.74, 6) is -0.926. The molecule has 1 aromatic rings. The van der Waals surface area contributed by atoms with E-state index in [-0.39, 0.29) is 18.7 Å². The maximum Gasteiger partial charge on any atom is 0.303 e. The second-order valence-corrected chi connectivity index (χ2v) is 5.72. The molecule has 0 fully saturated rings.